The molecule has 0 saturated heterocycles. The van der Waals surface area contributed by atoms with Gasteiger partial charge in [0.25, 0.3) is 0 Å². The molecule has 0 fully saturated rings. The molecule has 3 nitrogen and oxygen atoms in total. The first kappa shape index (κ1) is 10.2. The third-order valence-electron chi connectivity index (χ3n) is 1.95. The molecule has 0 aliphatic carbocycles. The van der Waals surface area contributed by atoms with Crippen LogP contribution in [0.4, 0.5) is 0 Å². The van der Waals surface area contributed by atoms with Crippen LogP contribution >= 0.6 is 23.2 Å². The van der Waals surface area contributed by atoms with E-state index in [1.165, 1.54) is 12.3 Å². The average molecular weight is 242 g/mol. The zero-order valence-electron chi connectivity index (χ0n) is 7.37. The number of fused-ring (bicyclic) bond motifs is 1. The first-order valence-corrected chi connectivity index (χ1v) is 4.81. The highest BCUT2D eigenvalue weighted by Gasteiger charge is 2.07. The molecule has 76 valence electrons. The molecule has 1 N–H and O–H groups in total. The van der Waals surface area contributed by atoms with E-state index < -0.39 is 5.97 Å². The number of halogens is 2. The van der Waals surface area contributed by atoms with Crippen molar-refractivity contribution < 1.29 is 9.90 Å². The topological polar surface area (TPSA) is 50.2 Å². The van der Waals surface area contributed by atoms with Crippen molar-refractivity contribution in [2.24, 2.45) is 0 Å². The second-order valence-corrected chi connectivity index (χ2v) is 3.83. The number of nitrogens with zero attached hydrogens (tertiary/aromatic N) is 1. The van der Waals surface area contributed by atoms with Crippen molar-refractivity contribution in [3.8, 4) is 0 Å². The van der Waals surface area contributed by atoms with Crippen LogP contribution in [0.25, 0.3) is 10.9 Å². The lowest BCUT2D eigenvalue weighted by atomic mass is 10.1. The summed E-state index contributed by atoms with van der Waals surface area (Å²) in [6, 6.07) is 4.68. The number of carboxylic acids is 1. The number of carbonyl (C=O) groups is 1. The number of pyridine rings is 1. The zero-order chi connectivity index (χ0) is 11.0. The van der Waals surface area contributed by atoms with Gasteiger partial charge in [0.1, 0.15) is 0 Å². The summed E-state index contributed by atoms with van der Waals surface area (Å²) < 4.78 is 0. The third-order valence-corrected chi connectivity index (χ3v) is 2.45. The number of hydrogen-bond acceptors (Lipinski definition) is 2. The Morgan fingerprint density at radius 3 is 2.67 bits per heavy atom. The van der Waals surface area contributed by atoms with Gasteiger partial charge in [-0.25, -0.2) is 4.79 Å². The van der Waals surface area contributed by atoms with Crippen LogP contribution in [0.5, 0.6) is 0 Å². The number of carboxylic acid groups (broad SMARTS) is 1. The van der Waals surface area contributed by atoms with Crippen molar-refractivity contribution in [2.75, 3.05) is 0 Å². The Morgan fingerprint density at radius 2 is 2.00 bits per heavy atom. The molecule has 0 spiro atoms. The van der Waals surface area contributed by atoms with Gasteiger partial charge in [0.15, 0.2) is 0 Å². The molecule has 0 amide bonds. The molecular weight excluding hydrogens is 237 g/mol. The Bertz CT molecular complexity index is 554. The molecule has 1 aromatic carbocycles. The van der Waals surface area contributed by atoms with E-state index in [0.29, 0.717) is 20.9 Å². The van der Waals surface area contributed by atoms with Gasteiger partial charge < -0.3 is 5.11 Å². The minimum atomic E-state index is -1.03. The largest absolute Gasteiger partial charge is 0.478 e. The lowest BCUT2D eigenvalue weighted by Crippen LogP contribution is -1.97. The third kappa shape index (κ3) is 1.89. The first-order valence-electron chi connectivity index (χ1n) is 4.06. The molecule has 0 bridgehead atoms. The molecule has 0 aliphatic rings. The highest BCUT2D eigenvalue weighted by Crippen LogP contribution is 2.26. The van der Waals surface area contributed by atoms with Gasteiger partial charge in [-0.2, -0.15) is 0 Å². The molecule has 1 aromatic heterocycles. The SMILES string of the molecule is O=C(O)c1cnc2c(Cl)cc(Cl)cc2c1. The minimum Gasteiger partial charge on any atom is -0.478 e. The summed E-state index contributed by atoms with van der Waals surface area (Å²) in [5.74, 6) is -1.03. The van der Waals surface area contributed by atoms with Crippen LogP contribution < -0.4 is 0 Å². The summed E-state index contributed by atoms with van der Waals surface area (Å²) in [6.07, 6.45) is 1.27. The van der Waals surface area contributed by atoms with Crippen molar-refractivity contribution in [2.45, 2.75) is 0 Å². The molecule has 0 aliphatic heterocycles. The van der Waals surface area contributed by atoms with Crippen LogP contribution in [0.3, 0.4) is 0 Å². The number of aromatic nitrogens is 1. The molecule has 5 heteroatoms. The average Bonchev–Trinajstić information content (AvgIpc) is 2.16. The van der Waals surface area contributed by atoms with Crippen molar-refractivity contribution in [3.05, 3.63) is 40.0 Å². The standard InChI is InChI=1S/C10H5Cl2NO2/c11-7-2-5-1-6(10(14)15)4-13-9(5)8(12)3-7/h1-4H,(H,14,15). The van der Waals surface area contributed by atoms with E-state index in [0.717, 1.165) is 0 Å². The predicted octanol–water partition coefficient (Wildman–Crippen LogP) is 3.24. The van der Waals surface area contributed by atoms with E-state index in [4.69, 9.17) is 28.3 Å². The Morgan fingerprint density at radius 1 is 1.27 bits per heavy atom. The van der Waals surface area contributed by atoms with Crippen molar-refractivity contribution in [1.29, 1.82) is 0 Å². The summed E-state index contributed by atoms with van der Waals surface area (Å²) in [5, 5.41) is 10.3. The zero-order valence-corrected chi connectivity index (χ0v) is 8.88. The number of benzene rings is 1. The highest BCUT2D eigenvalue weighted by atomic mass is 35.5. The summed E-state index contributed by atoms with van der Waals surface area (Å²) in [4.78, 5) is 14.7. The van der Waals surface area contributed by atoms with Gasteiger partial charge in [-0.15, -0.1) is 0 Å². The van der Waals surface area contributed by atoms with E-state index in [1.54, 1.807) is 12.1 Å². The molecule has 0 unspecified atom stereocenters. The molecule has 2 rings (SSSR count). The van der Waals surface area contributed by atoms with E-state index in [1.807, 2.05) is 0 Å². The maximum absolute atomic E-state index is 10.7. The van der Waals surface area contributed by atoms with Crippen LogP contribution in [0.15, 0.2) is 24.4 Å². The van der Waals surface area contributed by atoms with Crippen molar-refractivity contribution in [3.63, 3.8) is 0 Å². The smallest absolute Gasteiger partial charge is 0.337 e. The Labute approximate surface area is 95.3 Å². The first-order chi connectivity index (χ1) is 7.08. The van der Waals surface area contributed by atoms with E-state index in [-0.39, 0.29) is 5.56 Å². The van der Waals surface area contributed by atoms with Crippen molar-refractivity contribution in [1.82, 2.24) is 4.98 Å². The minimum absolute atomic E-state index is 0.112. The van der Waals surface area contributed by atoms with Gasteiger partial charge in [0, 0.05) is 16.6 Å². The molecule has 1 heterocycles. The van der Waals surface area contributed by atoms with Crippen molar-refractivity contribution >= 4 is 40.1 Å². The second-order valence-electron chi connectivity index (χ2n) is 2.99. The Balaban J connectivity index is 2.76. The predicted molar refractivity (Wildman–Crippen MR) is 58.7 cm³/mol. The fourth-order valence-electron chi connectivity index (χ4n) is 1.29. The van der Waals surface area contributed by atoms with Crippen LogP contribution in [0.2, 0.25) is 10.0 Å². The fraction of sp³-hybridized carbons (Fsp3) is 0. The van der Waals surface area contributed by atoms with Crippen LogP contribution in [-0.4, -0.2) is 16.1 Å². The fourth-order valence-corrected chi connectivity index (χ4v) is 1.85. The molecular formula is C10H5Cl2NO2. The number of hydrogen-bond donors (Lipinski definition) is 1. The Hall–Kier alpha value is -1.32. The monoisotopic (exact) mass is 241 g/mol. The van der Waals surface area contributed by atoms with E-state index in [2.05, 4.69) is 4.98 Å². The van der Waals surface area contributed by atoms with Gasteiger partial charge in [0.2, 0.25) is 0 Å². The van der Waals surface area contributed by atoms with E-state index in [9.17, 15) is 4.79 Å². The Kier molecular flexibility index (Phi) is 2.50. The van der Waals surface area contributed by atoms with Gasteiger partial charge >= 0.3 is 5.97 Å². The van der Waals surface area contributed by atoms with Gasteiger partial charge in [-0.3, -0.25) is 4.98 Å². The van der Waals surface area contributed by atoms with Crippen LogP contribution in [0.1, 0.15) is 10.4 Å². The number of aromatic carboxylic acids is 1. The normalized spacial score (nSPS) is 10.5. The maximum Gasteiger partial charge on any atom is 0.337 e. The summed E-state index contributed by atoms with van der Waals surface area (Å²) in [6.45, 7) is 0. The highest BCUT2D eigenvalue weighted by molar-refractivity contribution is 6.38. The van der Waals surface area contributed by atoms with E-state index >= 15 is 0 Å². The lowest BCUT2D eigenvalue weighted by Gasteiger charge is -2.01. The van der Waals surface area contributed by atoms with Crippen LogP contribution in [-0.2, 0) is 0 Å². The molecule has 0 saturated carbocycles. The quantitative estimate of drug-likeness (QED) is 0.834. The van der Waals surface area contributed by atoms with Gasteiger partial charge in [0.05, 0.1) is 16.1 Å². The van der Waals surface area contributed by atoms with Gasteiger partial charge in [-0.05, 0) is 18.2 Å². The number of rotatable bonds is 1. The summed E-state index contributed by atoms with van der Waals surface area (Å²) in [7, 11) is 0. The van der Waals surface area contributed by atoms with Crippen LogP contribution in [0, 0.1) is 0 Å². The molecule has 2 aromatic rings. The lowest BCUT2D eigenvalue weighted by molar-refractivity contribution is 0.0696. The molecule has 0 atom stereocenters. The summed E-state index contributed by atoms with van der Waals surface area (Å²) in [5.41, 5.74) is 0.659. The maximum atomic E-state index is 10.7. The molecule has 0 radical (unpaired) electrons. The van der Waals surface area contributed by atoms with Gasteiger partial charge in [-0.1, -0.05) is 23.2 Å². The second kappa shape index (κ2) is 3.68. The summed E-state index contributed by atoms with van der Waals surface area (Å²) >= 11 is 11.7. The molecule has 15 heavy (non-hydrogen) atoms.